The fourth-order valence-electron chi connectivity index (χ4n) is 2.77. The van der Waals surface area contributed by atoms with Crippen LogP contribution >= 0.6 is 22.7 Å². The average Bonchev–Trinajstić information content (AvgIpc) is 3.46. The number of hydrogen-bond acceptors (Lipinski definition) is 7. The molecule has 1 atom stereocenters. The number of carbonyl (C=O) groups is 2. The summed E-state index contributed by atoms with van der Waals surface area (Å²) in [6.07, 6.45) is 0. The van der Waals surface area contributed by atoms with Crippen LogP contribution in [0.2, 0.25) is 0 Å². The summed E-state index contributed by atoms with van der Waals surface area (Å²) in [5.41, 5.74) is 0.720. The minimum Gasteiger partial charge on any atom is -0.496 e. The molecule has 0 saturated heterocycles. The lowest BCUT2D eigenvalue weighted by Crippen LogP contribution is -2.42. The molecule has 0 aliphatic rings. The number of para-hydroxylation sites is 1. The van der Waals surface area contributed by atoms with E-state index in [2.05, 4.69) is 10.6 Å². The number of hydrogen-bond donors (Lipinski definition) is 2. The van der Waals surface area contributed by atoms with Gasteiger partial charge in [0.05, 0.1) is 7.11 Å². The van der Waals surface area contributed by atoms with Gasteiger partial charge >= 0.3 is 11.8 Å². The Morgan fingerprint density at radius 3 is 2.33 bits per heavy atom. The second-order valence-electron chi connectivity index (χ2n) is 6.19. The molecular weight excluding hydrogens is 444 g/mol. The summed E-state index contributed by atoms with van der Waals surface area (Å²) in [5, 5.41) is 7.46. The zero-order valence-electron chi connectivity index (χ0n) is 16.0. The number of benzene rings is 1. The molecule has 30 heavy (non-hydrogen) atoms. The summed E-state index contributed by atoms with van der Waals surface area (Å²) in [6, 6.07) is 13.8. The van der Waals surface area contributed by atoms with Crippen LogP contribution in [0.1, 0.15) is 15.7 Å². The summed E-state index contributed by atoms with van der Waals surface area (Å²) in [7, 11) is -2.18. The number of thiophene rings is 2. The molecule has 0 bridgehead atoms. The van der Waals surface area contributed by atoms with E-state index >= 15 is 0 Å². The van der Waals surface area contributed by atoms with Gasteiger partial charge < -0.3 is 15.4 Å². The van der Waals surface area contributed by atoms with Crippen molar-refractivity contribution in [3.8, 4) is 5.75 Å². The summed E-state index contributed by atoms with van der Waals surface area (Å²) < 4.78 is 31.4. The number of carbonyl (C=O) groups excluding carboxylic acids is 2. The Morgan fingerprint density at radius 1 is 0.967 bits per heavy atom. The summed E-state index contributed by atoms with van der Waals surface area (Å²) in [4.78, 5) is 25.0. The van der Waals surface area contributed by atoms with Gasteiger partial charge in [-0.1, -0.05) is 30.3 Å². The molecule has 3 rings (SSSR count). The first-order chi connectivity index (χ1) is 14.4. The van der Waals surface area contributed by atoms with E-state index in [0.717, 1.165) is 16.9 Å². The van der Waals surface area contributed by atoms with Gasteiger partial charge in [0.15, 0.2) is 9.84 Å². The molecule has 1 aromatic carbocycles. The van der Waals surface area contributed by atoms with Crippen LogP contribution in [0.4, 0.5) is 0 Å². The lowest BCUT2D eigenvalue weighted by Gasteiger charge is -2.16. The Labute approximate surface area is 182 Å². The van der Waals surface area contributed by atoms with Gasteiger partial charge in [0.1, 0.15) is 15.2 Å². The third-order valence-corrected chi connectivity index (χ3v) is 8.95. The number of methoxy groups -OCH3 is 1. The first-order valence-corrected chi connectivity index (χ1v) is 12.2. The molecule has 2 N–H and O–H groups in total. The molecule has 2 aromatic heterocycles. The van der Waals surface area contributed by atoms with Crippen molar-refractivity contribution in [3.63, 3.8) is 0 Å². The van der Waals surface area contributed by atoms with E-state index in [9.17, 15) is 18.0 Å². The van der Waals surface area contributed by atoms with Gasteiger partial charge in [-0.3, -0.25) is 9.59 Å². The van der Waals surface area contributed by atoms with Gasteiger partial charge in [-0.25, -0.2) is 8.42 Å². The molecule has 2 heterocycles. The Morgan fingerprint density at radius 2 is 1.67 bits per heavy atom. The molecule has 0 radical (unpaired) electrons. The van der Waals surface area contributed by atoms with E-state index in [4.69, 9.17) is 4.74 Å². The van der Waals surface area contributed by atoms with E-state index < -0.39 is 26.9 Å². The van der Waals surface area contributed by atoms with Crippen molar-refractivity contribution in [2.75, 3.05) is 13.7 Å². The van der Waals surface area contributed by atoms with Gasteiger partial charge in [-0.15, -0.1) is 22.7 Å². The van der Waals surface area contributed by atoms with E-state index in [1.165, 1.54) is 24.5 Å². The number of nitrogens with one attached hydrogen (secondary N) is 2. The largest absolute Gasteiger partial charge is 0.496 e. The monoisotopic (exact) mass is 464 g/mol. The highest BCUT2D eigenvalue weighted by atomic mass is 32.2. The van der Waals surface area contributed by atoms with E-state index in [1.54, 1.807) is 53.2 Å². The van der Waals surface area contributed by atoms with Crippen molar-refractivity contribution in [1.29, 1.82) is 0 Å². The van der Waals surface area contributed by atoms with Crippen LogP contribution in [0.3, 0.4) is 0 Å². The number of ether oxygens (including phenoxy) is 1. The molecule has 2 amide bonds. The smallest absolute Gasteiger partial charge is 0.309 e. The van der Waals surface area contributed by atoms with Gasteiger partial charge in [0, 0.05) is 23.5 Å². The molecule has 0 aliphatic heterocycles. The lowest BCUT2D eigenvalue weighted by molar-refractivity contribution is -0.139. The Balaban J connectivity index is 1.65. The highest BCUT2D eigenvalue weighted by molar-refractivity contribution is 7.93. The number of rotatable bonds is 8. The van der Waals surface area contributed by atoms with Gasteiger partial charge in [-0.05, 0) is 29.0 Å². The molecule has 0 saturated carbocycles. The Bertz CT molecular complexity index is 1090. The first kappa shape index (κ1) is 22.0. The molecule has 158 valence electrons. The van der Waals surface area contributed by atoms with Crippen LogP contribution < -0.4 is 15.4 Å². The maximum atomic E-state index is 13.0. The molecule has 0 unspecified atom stereocenters. The standard InChI is InChI=1S/C20H20N2O5S3/c1-27-15-7-3-2-6-14(15)12-21-19(23)20(24)22-13-17(16-8-4-10-28-16)30(25,26)18-9-5-11-29-18/h2-11,17H,12-13H2,1H3,(H,21,23)(H,22,24)/t17-/m1/s1. The first-order valence-electron chi connectivity index (χ1n) is 8.92. The van der Waals surface area contributed by atoms with Crippen LogP contribution in [0.25, 0.3) is 0 Å². The van der Waals surface area contributed by atoms with Crippen LogP contribution in [0.15, 0.2) is 63.5 Å². The van der Waals surface area contributed by atoms with E-state index in [-0.39, 0.29) is 17.3 Å². The van der Waals surface area contributed by atoms with Crippen molar-refractivity contribution in [3.05, 3.63) is 69.7 Å². The molecule has 10 heteroatoms. The maximum Gasteiger partial charge on any atom is 0.309 e. The summed E-state index contributed by atoms with van der Waals surface area (Å²) in [5.74, 6) is -1.15. The minimum atomic E-state index is -3.70. The quantitative estimate of drug-likeness (QED) is 0.499. The van der Waals surface area contributed by atoms with Crippen molar-refractivity contribution < 1.29 is 22.7 Å². The molecule has 0 spiro atoms. The normalized spacial score (nSPS) is 12.2. The Hall–Kier alpha value is -2.69. The van der Waals surface area contributed by atoms with Crippen molar-refractivity contribution in [2.24, 2.45) is 0 Å². The highest BCUT2D eigenvalue weighted by Gasteiger charge is 2.31. The third kappa shape index (κ3) is 5.07. The van der Waals surface area contributed by atoms with Crippen molar-refractivity contribution in [1.82, 2.24) is 10.6 Å². The van der Waals surface area contributed by atoms with E-state index in [0.29, 0.717) is 10.6 Å². The SMILES string of the molecule is COc1ccccc1CNC(=O)C(=O)NC[C@H](c1cccs1)S(=O)(=O)c1cccs1. The minimum absolute atomic E-state index is 0.109. The third-order valence-electron chi connectivity index (χ3n) is 4.30. The predicted octanol–water partition coefficient (Wildman–Crippen LogP) is 2.77. The molecule has 3 aromatic rings. The molecule has 0 aliphatic carbocycles. The zero-order chi connectivity index (χ0) is 21.6. The fourth-order valence-corrected chi connectivity index (χ4v) is 6.76. The molecule has 7 nitrogen and oxygen atoms in total. The average molecular weight is 465 g/mol. The fraction of sp³-hybridized carbons (Fsp3) is 0.200. The second-order valence-corrected chi connectivity index (χ2v) is 10.5. The second kappa shape index (κ2) is 9.88. The summed E-state index contributed by atoms with van der Waals surface area (Å²) in [6.45, 7) is -0.0974. The van der Waals surface area contributed by atoms with Crippen LogP contribution in [0.5, 0.6) is 5.75 Å². The lowest BCUT2D eigenvalue weighted by atomic mass is 10.2. The molecular formula is C20H20N2O5S3. The topological polar surface area (TPSA) is 102 Å². The van der Waals surface area contributed by atoms with E-state index in [1.807, 2.05) is 0 Å². The van der Waals surface area contributed by atoms with Crippen molar-refractivity contribution in [2.45, 2.75) is 16.0 Å². The van der Waals surface area contributed by atoms with Crippen LogP contribution in [-0.2, 0) is 26.0 Å². The van der Waals surface area contributed by atoms with Gasteiger partial charge in [0.25, 0.3) is 0 Å². The van der Waals surface area contributed by atoms with Crippen LogP contribution in [-0.4, -0.2) is 33.9 Å². The number of amides is 2. The zero-order valence-corrected chi connectivity index (χ0v) is 18.5. The van der Waals surface area contributed by atoms with Gasteiger partial charge in [0.2, 0.25) is 0 Å². The predicted molar refractivity (Wildman–Crippen MR) is 116 cm³/mol. The van der Waals surface area contributed by atoms with Crippen LogP contribution in [0, 0.1) is 0 Å². The summed E-state index contributed by atoms with van der Waals surface area (Å²) >= 11 is 2.40. The highest BCUT2D eigenvalue weighted by Crippen LogP contribution is 2.33. The Kier molecular flexibility index (Phi) is 7.24. The van der Waals surface area contributed by atoms with Gasteiger partial charge in [-0.2, -0.15) is 0 Å². The maximum absolute atomic E-state index is 13.0. The number of sulfone groups is 1. The van der Waals surface area contributed by atoms with Crippen molar-refractivity contribution >= 4 is 44.3 Å². The molecule has 0 fully saturated rings.